The van der Waals surface area contributed by atoms with Crippen molar-refractivity contribution in [1.29, 1.82) is 0 Å². The fraction of sp³-hybridized carbons (Fsp3) is 0.875. The highest BCUT2D eigenvalue weighted by molar-refractivity contribution is 5.96. The molecule has 1 fully saturated rings. The van der Waals surface area contributed by atoms with Crippen LogP contribution in [0.5, 0.6) is 0 Å². The molecule has 0 aromatic heterocycles. The van der Waals surface area contributed by atoms with Gasteiger partial charge in [0.1, 0.15) is 12.2 Å². The van der Waals surface area contributed by atoms with Crippen LogP contribution in [0.15, 0.2) is 0 Å². The lowest BCUT2D eigenvalue weighted by atomic mass is 9.94. The van der Waals surface area contributed by atoms with Crippen molar-refractivity contribution in [2.75, 3.05) is 6.61 Å². The van der Waals surface area contributed by atoms with Gasteiger partial charge < -0.3 is 9.47 Å². The van der Waals surface area contributed by atoms with Gasteiger partial charge in [0.05, 0.1) is 12.5 Å². The molecule has 0 aromatic carbocycles. The molecule has 1 aliphatic heterocycles. The first-order chi connectivity index (χ1) is 14.1. The Morgan fingerprint density at radius 1 is 1.07 bits per heavy atom. The van der Waals surface area contributed by atoms with Crippen LogP contribution >= 0.6 is 0 Å². The summed E-state index contributed by atoms with van der Waals surface area (Å²) < 4.78 is 10.6. The third kappa shape index (κ3) is 9.48. The number of unbranched alkanes of at least 4 members (excludes halogenated alkanes) is 7. The van der Waals surface area contributed by atoms with Gasteiger partial charge in [0.2, 0.25) is 5.91 Å². The number of carbonyl (C=O) groups is 3. The standard InChI is InChI=1S/C24H43NO5/c1-7-8-9-10-11-12-13-14-15-19(16-21(26)30-24(4,5)6)22(27)25-20(18(2)3)17-29-23(25)28/h18-20H,7-17H2,1-6H3. The van der Waals surface area contributed by atoms with Gasteiger partial charge in [-0.05, 0) is 33.1 Å². The van der Waals surface area contributed by atoms with E-state index in [4.69, 9.17) is 9.47 Å². The molecule has 0 spiro atoms. The van der Waals surface area contributed by atoms with Gasteiger partial charge in [-0.25, -0.2) is 9.69 Å². The average molecular weight is 426 g/mol. The van der Waals surface area contributed by atoms with Crippen LogP contribution < -0.4 is 0 Å². The summed E-state index contributed by atoms with van der Waals surface area (Å²) in [5.41, 5.74) is -0.601. The molecule has 2 amide bonds. The molecule has 174 valence electrons. The number of amides is 2. The average Bonchev–Trinajstić information content (AvgIpc) is 3.02. The van der Waals surface area contributed by atoms with E-state index < -0.39 is 23.6 Å². The van der Waals surface area contributed by atoms with E-state index in [1.807, 2.05) is 34.6 Å². The summed E-state index contributed by atoms with van der Waals surface area (Å²) in [5, 5.41) is 0. The summed E-state index contributed by atoms with van der Waals surface area (Å²) in [6.07, 6.45) is 9.29. The molecule has 6 heteroatoms. The highest BCUT2D eigenvalue weighted by Crippen LogP contribution is 2.26. The van der Waals surface area contributed by atoms with E-state index in [9.17, 15) is 14.4 Å². The van der Waals surface area contributed by atoms with E-state index in [2.05, 4.69) is 6.92 Å². The maximum absolute atomic E-state index is 13.2. The van der Waals surface area contributed by atoms with E-state index in [1.165, 1.54) is 37.0 Å². The van der Waals surface area contributed by atoms with Crippen molar-refractivity contribution in [2.24, 2.45) is 11.8 Å². The molecule has 0 aliphatic carbocycles. The second-order valence-electron chi connectivity index (χ2n) is 9.85. The number of hydrogen-bond acceptors (Lipinski definition) is 5. The number of hydrogen-bond donors (Lipinski definition) is 0. The normalized spacial score (nSPS) is 17.9. The summed E-state index contributed by atoms with van der Waals surface area (Å²) in [4.78, 5) is 39.1. The minimum atomic E-state index is -0.601. The summed E-state index contributed by atoms with van der Waals surface area (Å²) in [5.74, 6) is -1.14. The van der Waals surface area contributed by atoms with E-state index in [0.29, 0.717) is 6.42 Å². The van der Waals surface area contributed by atoms with E-state index in [0.717, 1.165) is 19.3 Å². The Balaban J connectivity index is 2.69. The Kier molecular flexibility index (Phi) is 11.4. The van der Waals surface area contributed by atoms with Crippen LogP contribution in [-0.4, -0.2) is 41.1 Å². The number of cyclic esters (lactones) is 1. The number of esters is 1. The Hall–Kier alpha value is -1.59. The van der Waals surface area contributed by atoms with Gasteiger partial charge in [-0.1, -0.05) is 72.1 Å². The number of imide groups is 1. The van der Waals surface area contributed by atoms with Gasteiger partial charge in [-0.15, -0.1) is 0 Å². The van der Waals surface area contributed by atoms with Crippen molar-refractivity contribution < 1.29 is 23.9 Å². The summed E-state index contributed by atoms with van der Waals surface area (Å²) in [7, 11) is 0. The lowest BCUT2D eigenvalue weighted by Crippen LogP contribution is -2.45. The zero-order valence-corrected chi connectivity index (χ0v) is 20.0. The molecule has 0 aromatic rings. The zero-order chi connectivity index (χ0) is 22.7. The van der Waals surface area contributed by atoms with Gasteiger partial charge in [-0.2, -0.15) is 0 Å². The Bertz CT molecular complexity index is 552. The lowest BCUT2D eigenvalue weighted by Gasteiger charge is -2.27. The lowest BCUT2D eigenvalue weighted by molar-refractivity contribution is -0.158. The molecule has 2 unspecified atom stereocenters. The summed E-state index contributed by atoms with van der Waals surface area (Å²) >= 11 is 0. The predicted molar refractivity (Wildman–Crippen MR) is 118 cm³/mol. The summed E-state index contributed by atoms with van der Waals surface area (Å²) in [6.45, 7) is 11.8. The van der Waals surface area contributed by atoms with Crippen LogP contribution in [-0.2, 0) is 19.1 Å². The van der Waals surface area contributed by atoms with Crippen molar-refractivity contribution in [3.8, 4) is 0 Å². The van der Waals surface area contributed by atoms with E-state index in [-0.39, 0.29) is 30.9 Å². The van der Waals surface area contributed by atoms with Crippen molar-refractivity contribution >= 4 is 18.0 Å². The van der Waals surface area contributed by atoms with Crippen molar-refractivity contribution in [3.05, 3.63) is 0 Å². The Morgan fingerprint density at radius 3 is 2.17 bits per heavy atom. The largest absolute Gasteiger partial charge is 0.460 e. The van der Waals surface area contributed by atoms with Crippen molar-refractivity contribution in [2.45, 2.75) is 117 Å². The van der Waals surface area contributed by atoms with Crippen LogP contribution in [0.25, 0.3) is 0 Å². The third-order valence-electron chi connectivity index (χ3n) is 5.50. The molecule has 0 radical (unpaired) electrons. The first kappa shape index (κ1) is 26.4. The van der Waals surface area contributed by atoms with Gasteiger partial charge in [0.15, 0.2) is 0 Å². The molecule has 1 aliphatic rings. The van der Waals surface area contributed by atoms with Gasteiger partial charge in [0, 0.05) is 5.92 Å². The maximum Gasteiger partial charge on any atom is 0.416 e. The maximum atomic E-state index is 13.2. The van der Waals surface area contributed by atoms with Crippen LogP contribution in [0.4, 0.5) is 4.79 Å². The van der Waals surface area contributed by atoms with Crippen LogP contribution in [0.1, 0.15) is 106 Å². The minimum absolute atomic E-state index is 0.00119. The first-order valence-electron chi connectivity index (χ1n) is 11.8. The SMILES string of the molecule is CCCCCCCCCCC(CC(=O)OC(C)(C)C)C(=O)N1C(=O)OCC1C(C)C. The van der Waals surface area contributed by atoms with E-state index >= 15 is 0 Å². The number of nitrogens with zero attached hydrogens (tertiary/aromatic N) is 1. The van der Waals surface area contributed by atoms with Gasteiger partial charge >= 0.3 is 12.1 Å². The van der Waals surface area contributed by atoms with Crippen LogP contribution in [0.3, 0.4) is 0 Å². The molecule has 30 heavy (non-hydrogen) atoms. The summed E-state index contributed by atoms with van der Waals surface area (Å²) in [6, 6.07) is -0.273. The fourth-order valence-electron chi connectivity index (χ4n) is 3.80. The molecule has 0 N–H and O–H groups in total. The second-order valence-corrected chi connectivity index (χ2v) is 9.85. The van der Waals surface area contributed by atoms with Crippen LogP contribution in [0, 0.1) is 11.8 Å². The monoisotopic (exact) mass is 425 g/mol. The van der Waals surface area contributed by atoms with Gasteiger partial charge in [0.25, 0.3) is 0 Å². The Morgan fingerprint density at radius 2 is 1.63 bits per heavy atom. The number of rotatable bonds is 13. The predicted octanol–water partition coefficient (Wildman–Crippen LogP) is 5.87. The highest BCUT2D eigenvalue weighted by atomic mass is 16.6. The molecule has 6 nitrogen and oxygen atoms in total. The molecule has 0 bridgehead atoms. The highest BCUT2D eigenvalue weighted by Gasteiger charge is 2.42. The molecule has 2 atom stereocenters. The molecule has 1 heterocycles. The number of carbonyl (C=O) groups excluding carboxylic acids is 3. The molecular weight excluding hydrogens is 382 g/mol. The zero-order valence-electron chi connectivity index (χ0n) is 20.0. The van der Waals surface area contributed by atoms with E-state index in [1.54, 1.807) is 0 Å². The molecule has 1 rings (SSSR count). The topological polar surface area (TPSA) is 72.9 Å². The molecule has 1 saturated heterocycles. The second kappa shape index (κ2) is 13.0. The minimum Gasteiger partial charge on any atom is -0.460 e. The fourth-order valence-corrected chi connectivity index (χ4v) is 3.80. The smallest absolute Gasteiger partial charge is 0.416 e. The third-order valence-corrected chi connectivity index (χ3v) is 5.50. The number of ether oxygens (including phenoxy) is 2. The van der Waals surface area contributed by atoms with Crippen molar-refractivity contribution in [3.63, 3.8) is 0 Å². The quantitative estimate of drug-likeness (QED) is 0.273. The molecule has 0 saturated carbocycles. The molecular formula is C24H43NO5. The Labute approximate surface area is 183 Å². The van der Waals surface area contributed by atoms with Crippen LogP contribution in [0.2, 0.25) is 0 Å². The van der Waals surface area contributed by atoms with Crippen molar-refractivity contribution in [1.82, 2.24) is 4.90 Å². The first-order valence-corrected chi connectivity index (χ1v) is 11.8. The van der Waals surface area contributed by atoms with Gasteiger partial charge in [-0.3, -0.25) is 9.59 Å².